The first-order valence-electron chi connectivity index (χ1n) is 12.9. The van der Waals surface area contributed by atoms with Gasteiger partial charge in [-0.15, -0.1) is 23.2 Å². The number of aryl methyl sites for hydroxylation is 2. The summed E-state index contributed by atoms with van der Waals surface area (Å²) in [5.41, 5.74) is 4.19. The molecule has 10 heteroatoms. The number of hydrogen-bond donors (Lipinski definition) is 1. The number of halogens is 2. The molecule has 0 saturated carbocycles. The first-order chi connectivity index (χ1) is 18.8. The maximum atomic E-state index is 12.6. The summed E-state index contributed by atoms with van der Waals surface area (Å²) in [4.78, 5) is 33.6. The van der Waals surface area contributed by atoms with Gasteiger partial charge in [0.25, 0.3) is 11.1 Å². The lowest BCUT2D eigenvalue weighted by Gasteiger charge is -2.23. The van der Waals surface area contributed by atoms with Gasteiger partial charge in [-0.05, 0) is 57.2 Å². The van der Waals surface area contributed by atoms with E-state index in [1.807, 2.05) is 43.3 Å². The van der Waals surface area contributed by atoms with Crippen molar-refractivity contribution in [2.24, 2.45) is 0 Å². The summed E-state index contributed by atoms with van der Waals surface area (Å²) in [7, 11) is 0. The molecule has 41 heavy (non-hydrogen) atoms. The van der Waals surface area contributed by atoms with E-state index in [-0.39, 0.29) is 26.0 Å². The van der Waals surface area contributed by atoms with Crippen molar-refractivity contribution in [2.75, 3.05) is 11.8 Å². The van der Waals surface area contributed by atoms with E-state index in [1.54, 1.807) is 23.8 Å². The molecule has 8 nitrogen and oxygen atoms in total. The third kappa shape index (κ3) is 7.76. The lowest BCUT2D eigenvalue weighted by molar-refractivity contribution is 0.130. The maximum Gasteiger partial charge on any atom is 0.261 e. The smallest absolute Gasteiger partial charge is 0.261 e. The Labute approximate surface area is 251 Å². The van der Waals surface area contributed by atoms with Gasteiger partial charge in [-0.1, -0.05) is 45.2 Å². The van der Waals surface area contributed by atoms with E-state index in [1.165, 1.54) is 4.40 Å². The van der Waals surface area contributed by atoms with E-state index in [0.717, 1.165) is 12.0 Å². The molecule has 0 amide bonds. The number of aliphatic hydroxyl groups excluding tert-OH is 1. The SMILES string of the molecule is C.C.Cc1nc2c(OCc3ccccc3)cccn2c(=O)c1CCCl.Cc1nc2n(c(=O)c1CCCl)CCCC2O. The van der Waals surface area contributed by atoms with E-state index in [2.05, 4.69) is 9.97 Å². The molecule has 1 N–H and O–H groups in total. The molecule has 1 aromatic carbocycles. The molecule has 1 atom stereocenters. The van der Waals surface area contributed by atoms with Crippen molar-refractivity contribution in [3.05, 3.63) is 103 Å². The Morgan fingerprint density at radius 1 is 0.927 bits per heavy atom. The van der Waals surface area contributed by atoms with Gasteiger partial charge in [-0.3, -0.25) is 18.6 Å². The monoisotopic (exact) mass is 602 g/mol. The summed E-state index contributed by atoms with van der Waals surface area (Å²) >= 11 is 11.4. The van der Waals surface area contributed by atoms with Crippen LogP contribution in [0.2, 0.25) is 0 Å². The second kappa shape index (κ2) is 15.7. The third-order valence-corrected chi connectivity index (χ3v) is 7.08. The van der Waals surface area contributed by atoms with Crippen LogP contribution in [0, 0.1) is 13.8 Å². The Morgan fingerprint density at radius 2 is 1.56 bits per heavy atom. The quantitative estimate of drug-likeness (QED) is 0.269. The summed E-state index contributed by atoms with van der Waals surface area (Å²) < 4.78 is 8.98. The van der Waals surface area contributed by atoms with Crippen LogP contribution in [0.15, 0.2) is 58.3 Å². The van der Waals surface area contributed by atoms with Crippen molar-refractivity contribution in [1.29, 1.82) is 0 Å². The minimum atomic E-state index is -0.606. The van der Waals surface area contributed by atoms with Gasteiger partial charge in [-0.25, -0.2) is 9.97 Å². The van der Waals surface area contributed by atoms with Crippen LogP contribution in [-0.2, 0) is 26.0 Å². The number of rotatable bonds is 7. The molecule has 5 rings (SSSR count). The fourth-order valence-corrected chi connectivity index (χ4v) is 5.03. The average molecular weight is 604 g/mol. The van der Waals surface area contributed by atoms with Crippen molar-refractivity contribution in [1.82, 2.24) is 18.9 Å². The highest BCUT2D eigenvalue weighted by Gasteiger charge is 2.23. The first kappa shape index (κ1) is 34.0. The highest BCUT2D eigenvalue weighted by atomic mass is 35.5. The molecule has 0 bridgehead atoms. The standard InChI is InChI=1S/C18H17ClN2O2.C11H15ClN2O2.2CH4/c1-13-15(9-10-19)18(22)21-11-5-8-16(17(21)20-13)23-12-14-6-3-2-4-7-14;1-7-8(4-5-12)11(16)14-6-2-3-9(15)10(14)13-7;;/h2-8,11H,9-10,12H2,1H3;9,15H,2-6H2,1H3;2*1H4. The number of pyridine rings is 1. The molecular formula is C31H40Cl2N4O4. The number of benzene rings is 1. The normalized spacial score (nSPS) is 13.7. The molecule has 222 valence electrons. The summed E-state index contributed by atoms with van der Waals surface area (Å²) in [6.07, 6.45) is 3.65. The number of aromatic nitrogens is 4. The second-order valence-corrected chi connectivity index (χ2v) is 10.1. The zero-order valence-electron chi connectivity index (χ0n) is 22.1. The van der Waals surface area contributed by atoms with E-state index in [9.17, 15) is 14.7 Å². The van der Waals surface area contributed by atoms with Crippen LogP contribution < -0.4 is 15.9 Å². The predicted octanol–water partition coefficient (Wildman–Crippen LogP) is 5.80. The average Bonchev–Trinajstić information content (AvgIpc) is 2.94. The topological polar surface area (TPSA) is 98.7 Å². The number of nitrogens with zero attached hydrogens (tertiary/aromatic N) is 4. The highest BCUT2D eigenvalue weighted by molar-refractivity contribution is 6.18. The number of ether oxygens (including phenoxy) is 1. The lowest BCUT2D eigenvalue weighted by atomic mass is 10.1. The van der Waals surface area contributed by atoms with Gasteiger partial charge in [-0.2, -0.15) is 0 Å². The molecule has 0 spiro atoms. The van der Waals surface area contributed by atoms with Crippen molar-refractivity contribution in [2.45, 2.75) is 73.6 Å². The molecule has 4 heterocycles. The van der Waals surface area contributed by atoms with Gasteiger partial charge >= 0.3 is 0 Å². The van der Waals surface area contributed by atoms with Gasteiger partial charge in [0, 0.05) is 47.0 Å². The van der Waals surface area contributed by atoms with E-state index < -0.39 is 6.10 Å². The number of alkyl halides is 2. The van der Waals surface area contributed by atoms with Crippen molar-refractivity contribution < 1.29 is 9.84 Å². The van der Waals surface area contributed by atoms with Gasteiger partial charge in [0.1, 0.15) is 18.5 Å². The second-order valence-electron chi connectivity index (χ2n) is 9.35. The van der Waals surface area contributed by atoms with Crippen molar-refractivity contribution in [3.63, 3.8) is 0 Å². The van der Waals surface area contributed by atoms with Crippen LogP contribution in [-0.4, -0.2) is 35.8 Å². The van der Waals surface area contributed by atoms with E-state index in [0.29, 0.717) is 83.9 Å². The number of aliphatic hydroxyl groups is 1. The maximum absolute atomic E-state index is 12.6. The first-order valence-corrected chi connectivity index (χ1v) is 14.0. The van der Waals surface area contributed by atoms with Crippen LogP contribution in [0.4, 0.5) is 0 Å². The van der Waals surface area contributed by atoms with Crippen LogP contribution in [0.1, 0.15) is 67.7 Å². The summed E-state index contributed by atoms with van der Waals surface area (Å²) in [6.45, 7) is 4.70. The Kier molecular flexibility index (Phi) is 13.0. The lowest BCUT2D eigenvalue weighted by Crippen LogP contribution is -2.33. The summed E-state index contributed by atoms with van der Waals surface area (Å²) in [5.74, 6) is 1.91. The predicted molar refractivity (Wildman–Crippen MR) is 167 cm³/mol. The molecule has 1 aliphatic heterocycles. The van der Waals surface area contributed by atoms with E-state index >= 15 is 0 Å². The molecule has 1 aliphatic rings. The molecule has 0 fully saturated rings. The third-order valence-electron chi connectivity index (χ3n) is 6.70. The fourth-order valence-electron chi connectivity index (χ4n) is 4.66. The zero-order valence-corrected chi connectivity index (χ0v) is 23.6. The Hall–Kier alpha value is -3.20. The number of fused-ring (bicyclic) bond motifs is 2. The summed E-state index contributed by atoms with van der Waals surface area (Å²) in [6, 6.07) is 13.5. The molecule has 0 saturated heterocycles. The highest BCUT2D eigenvalue weighted by Crippen LogP contribution is 2.22. The van der Waals surface area contributed by atoms with Crippen LogP contribution >= 0.6 is 23.2 Å². The van der Waals surface area contributed by atoms with Crippen LogP contribution in [0.25, 0.3) is 5.65 Å². The molecule has 3 aromatic heterocycles. The van der Waals surface area contributed by atoms with Gasteiger partial charge in [0.15, 0.2) is 11.4 Å². The summed E-state index contributed by atoms with van der Waals surface area (Å²) in [5, 5.41) is 9.78. The Morgan fingerprint density at radius 3 is 2.22 bits per heavy atom. The van der Waals surface area contributed by atoms with Gasteiger partial charge in [0.05, 0.1) is 0 Å². The van der Waals surface area contributed by atoms with Crippen LogP contribution in [0.3, 0.4) is 0 Å². The van der Waals surface area contributed by atoms with E-state index in [4.69, 9.17) is 27.9 Å². The zero-order chi connectivity index (χ0) is 27.9. The molecule has 0 aliphatic carbocycles. The molecule has 1 unspecified atom stereocenters. The molecular weight excluding hydrogens is 563 g/mol. The van der Waals surface area contributed by atoms with Crippen LogP contribution in [0.5, 0.6) is 5.75 Å². The van der Waals surface area contributed by atoms with Crippen molar-refractivity contribution >= 4 is 28.8 Å². The minimum absolute atomic E-state index is 0. The Bertz CT molecular complexity index is 1550. The van der Waals surface area contributed by atoms with Gasteiger partial charge in [0.2, 0.25) is 0 Å². The van der Waals surface area contributed by atoms with Gasteiger partial charge < -0.3 is 9.84 Å². The Balaban J connectivity index is 0.000000290. The van der Waals surface area contributed by atoms with Crippen molar-refractivity contribution in [3.8, 4) is 5.75 Å². The fraction of sp³-hybridized carbons (Fsp3) is 0.419. The number of hydrogen-bond acceptors (Lipinski definition) is 6. The minimum Gasteiger partial charge on any atom is -0.485 e. The molecule has 4 aromatic rings. The largest absolute Gasteiger partial charge is 0.485 e. The molecule has 0 radical (unpaired) electrons.